The fourth-order valence-electron chi connectivity index (χ4n) is 1.06. The molecule has 0 fully saturated rings. The van der Waals surface area contributed by atoms with Crippen molar-refractivity contribution in [2.45, 2.75) is 26.2 Å². The summed E-state index contributed by atoms with van der Waals surface area (Å²) in [6, 6.07) is 0. The van der Waals surface area contributed by atoms with E-state index in [4.69, 9.17) is 20.1 Å². The lowest BCUT2D eigenvalue weighted by Gasteiger charge is -2.22. The van der Waals surface area contributed by atoms with E-state index in [2.05, 4.69) is 0 Å². The quantitative estimate of drug-likeness (QED) is 0.304. The number of aliphatic carboxylic acids is 1. The molecule has 0 unspecified atom stereocenters. The lowest BCUT2D eigenvalue weighted by molar-refractivity contribution is -0.175. The van der Waals surface area contributed by atoms with Gasteiger partial charge in [-0.05, 0) is 6.42 Å². The molecule has 0 aromatic rings. The molecular formula is C10H18O6. The Hall–Kier alpha value is -1.14. The van der Waals surface area contributed by atoms with E-state index in [-0.39, 0.29) is 6.61 Å². The van der Waals surface area contributed by atoms with Crippen LogP contribution in [0.2, 0.25) is 0 Å². The number of rotatable bonds is 8. The van der Waals surface area contributed by atoms with Crippen molar-refractivity contribution in [3.05, 3.63) is 0 Å². The van der Waals surface area contributed by atoms with Crippen LogP contribution in [-0.4, -0.2) is 47.1 Å². The highest BCUT2D eigenvalue weighted by Gasteiger charge is 2.47. The minimum atomic E-state index is -2.24. The zero-order valence-corrected chi connectivity index (χ0v) is 9.31. The summed E-state index contributed by atoms with van der Waals surface area (Å²) in [4.78, 5) is 22.2. The zero-order chi connectivity index (χ0) is 12.6. The summed E-state index contributed by atoms with van der Waals surface area (Å²) in [6.07, 6.45) is 2.45. The Morgan fingerprint density at radius 3 is 2.12 bits per heavy atom. The Morgan fingerprint density at radius 1 is 1.19 bits per heavy atom. The maximum absolute atomic E-state index is 11.4. The van der Waals surface area contributed by atoms with Crippen molar-refractivity contribution in [1.29, 1.82) is 0 Å². The maximum atomic E-state index is 11.4. The fourth-order valence-corrected chi connectivity index (χ4v) is 1.06. The third kappa shape index (κ3) is 3.46. The third-order valence-electron chi connectivity index (χ3n) is 2.32. The summed E-state index contributed by atoms with van der Waals surface area (Å²) in [5, 5.41) is 26.5. The summed E-state index contributed by atoms with van der Waals surface area (Å²) in [6.45, 7) is 0.114. The number of hydrogen-bond donors (Lipinski definition) is 3. The summed E-state index contributed by atoms with van der Waals surface area (Å²) >= 11 is 0. The molecule has 0 aromatic heterocycles. The molecule has 0 amide bonds. The van der Waals surface area contributed by atoms with E-state index in [0.29, 0.717) is 6.42 Å². The molecule has 94 valence electrons. The van der Waals surface area contributed by atoms with Crippen LogP contribution in [0.25, 0.3) is 0 Å². The second-order valence-corrected chi connectivity index (χ2v) is 3.55. The number of aliphatic hydroxyl groups is 2. The van der Waals surface area contributed by atoms with Gasteiger partial charge < -0.3 is 20.1 Å². The summed E-state index contributed by atoms with van der Waals surface area (Å²) in [5.74, 6) is -2.68. The van der Waals surface area contributed by atoms with Gasteiger partial charge in [0.25, 0.3) is 0 Å². The Labute approximate surface area is 93.8 Å². The van der Waals surface area contributed by atoms with E-state index in [1.165, 1.54) is 0 Å². The first-order chi connectivity index (χ1) is 7.55. The van der Waals surface area contributed by atoms with Crippen LogP contribution in [0.5, 0.6) is 0 Å². The summed E-state index contributed by atoms with van der Waals surface area (Å²) in [5.41, 5.74) is -2.24. The van der Waals surface area contributed by atoms with Gasteiger partial charge in [-0.15, -0.1) is 0 Å². The Bertz CT molecular complexity index is 233. The van der Waals surface area contributed by atoms with Crippen LogP contribution in [0.4, 0.5) is 0 Å². The van der Waals surface area contributed by atoms with Crippen molar-refractivity contribution in [3.8, 4) is 0 Å². The predicted molar refractivity (Wildman–Crippen MR) is 54.7 cm³/mol. The first kappa shape index (κ1) is 14.9. The molecule has 3 N–H and O–H groups in total. The topological polar surface area (TPSA) is 104 Å². The highest BCUT2D eigenvalue weighted by molar-refractivity contribution is 5.99. The third-order valence-corrected chi connectivity index (χ3v) is 2.32. The van der Waals surface area contributed by atoms with E-state index in [9.17, 15) is 9.59 Å². The molecule has 0 rings (SSSR count). The SMILES string of the molecule is CCCCCOC(=O)C(CO)(CO)C(=O)O. The molecule has 16 heavy (non-hydrogen) atoms. The summed E-state index contributed by atoms with van der Waals surface area (Å²) in [7, 11) is 0. The molecule has 0 spiro atoms. The Kier molecular flexibility index (Phi) is 6.67. The fraction of sp³-hybridized carbons (Fsp3) is 0.800. The van der Waals surface area contributed by atoms with Crippen molar-refractivity contribution in [1.82, 2.24) is 0 Å². The molecule has 0 aromatic carbocycles. The van der Waals surface area contributed by atoms with Crippen LogP contribution >= 0.6 is 0 Å². The lowest BCUT2D eigenvalue weighted by Crippen LogP contribution is -2.47. The van der Waals surface area contributed by atoms with Crippen molar-refractivity contribution < 1.29 is 29.6 Å². The van der Waals surface area contributed by atoms with Crippen LogP contribution in [-0.2, 0) is 14.3 Å². The molecule has 0 aliphatic carbocycles. The van der Waals surface area contributed by atoms with Gasteiger partial charge in [-0.2, -0.15) is 0 Å². The first-order valence-electron chi connectivity index (χ1n) is 5.17. The minimum absolute atomic E-state index is 0.0989. The number of esters is 1. The molecule has 6 nitrogen and oxygen atoms in total. The predicted octanol–water partition coefficient (Wildman–Crippen LogP) is -0.225. The first-order valence-corrected chi connectivity index (χ1v) is 5.17. The average molecular weight is 234 g/mol. The van der Waals surface area contributed by atoms with E-state index >= 15 is 0 Å². The zero-order valence-electron chi connectivity index (χ0n) is 9.31. The van der Waals surface area contributed by atoms with Gasteiger partial charge in [0.2, 0.25) is 5.41 Å². The molecular weight excluding hydrogens is 216 g/mol. The van der Waals surface area contributed by atoms with Crippen molar-refractivity contribution >= 4 is 11.9 Å². The number of carboxylic acid groups (broad SMARTS) is 1. The van der Waals surface area contributed by atoms with Crippen LogP contribution in [0, 0.1) is 5.41 Å². The molecule has 0 radical (unpaired) electrons. The highest BCUT2D eigenvalue weighted by atomic mass is 16.5. The van der Waals surface area contributed by atoms with Gasteiger partial charge in [0.05, 0.1) is 19.8 Å². The van der Waals surface area contributed by atoms with Crippen molar-refractivity contribution in [2.24, 2.45) is 5.41 Å². The van der Waals surface area contributed by atoms with Gasteiger partial charge in [-0.3, -0.25) is 9.59 Å². The standard InChI is InChI=1S/C10H18O6/c1-2-3-4-5-16-9(15)10(6-11,7-12)8(13)14/h11-12H,2-7H2,1H3,(H,13,14). The number of carboxylic acids is 1. The smallest absolute Gasteiger partial charge is 0.328 e. The van der Waals surface area contributed by atoms with Crippen molar-refractivity contribution in [3.63, 3.8) is 0 Å². The molecule has 0 aliphatic rings. The van der Waals surface area contributed by atoms with Crippen LogP contribution in [0.1, 0.15) is 26.2 Å². The Morgan fingerprint density at radius 2 is 1.75 bits per heavy atom. The van der Waals surface area contributed by atoms with E-state index in [1.807, 2.05) is 6.92 Å². The van der Waals surface area contributed by atoms with E-state index in [1.54, 1.807) is 0 Å². The van der Waals surface area contributed by atoms with E-state index in [0.717, 1.165) is 12.8 Å². The summed E-state index contributed by atoms with van der Waals surface area (Å²) < 4.78 is 4.71. The van der Waals surface area contributed by atoms with E-state index < -0.39 is 30.6 Å². The number of aliphatic hydroxyl groups excluding tert-OH is 2. The maximum Gasteiger partial charge on any atom is 0.328 e. The van der Waals surface area contributed by atoms with Crippen molar-refractivity contribution in [2.75, 3.05) is 19.8 Å². The van der Waals surface area contributed by atoms with Crippen LogP contribution in [0.3, 0.4) is 0 Å². The number of ether oxygens (including phenoxy) is 1. The average Bonchev–Trinajstić information content (AvgIpc) is 2.26. The number of unbranched alkanes of at least 4 members (excludes halogenated alkanes) is 2. The molecule has 0 bridgehead atoms. The molecule has 0 atom stereocenters. The number of carbonyl (C=O) groups is 2. The molecule has 0 saturated heterocycles. The van der Waals surface area contributed by atoms with Gasteiger partial charge in [0.1, 0.15) is 0 Å². The van der Waals surface area contributed by atoms with Gasteiger partial charge in [0.15, 0.2) is 0 Å². The highest BCUT2D eigenvalue weighted by Crippen LogP contribution is 2.18. The van der Waals surface area contributed by atoms with Gasteiger partial charge in [0, 0.05) is 0 Å². The second kappa shape index (κ2) is 7.19. The Balaban J connectivity index is 4.34. The molecule has 0 saturated carbocycles. The van der Waals surface area contributed by atoms with Crippen LogP contribution < -0.4 is 0 Å². The largest absolute Gasteiger partial charge is 0.480 e. The molecule has 6 heteroatoms. The lowest BCUT2D eigenvalue weighted by atomic mass is 9.90. The monoisotopic (exact) mass is 234 g/mol. The van der Waals surface area contributed by atoms with Gasteiger partial charge in [-0.1, -0.05) is 19.8 Å². The van der Waals surface area contributed by atoms with Crippen LogP contribution in [0.15, 0.2) is 0 Å². The molecule has 0 aliphatic heterocycles. The number of hydrogen-bond acceptors (Lipinski definition) is 5. The van der Waals surface area contributed by atoms with Gasteiger partial charge >= 0.3 is 11.9 Å². The minimum Gasteiger partial charge on any atom is -0.480 e. The molecule has 0 heterocycles. The van der Waals surface area contributed by atoms with Gasteiger partial charge in [-0.25, -0.2) is 0 Å². The number of carbonyl (C=O) groups excluding carboxylic acids is 1. The second-order valence-electron chi connectivity index (χ2n) is 3.55. The normalized spacial score (nSPS) is 11.2.